The Balaban J connectivity index is 1.46. The number of nitrogens with zero attached hydrogens (tertiary/aromatic N) is 1. The molecule has 9 heteroatoms. The molecule has 150 valence electrons. The lowest BCUT2D eigenvalue weighted by Gasteiger charge is -2.06. The second kappa shape index (κ2) is 8.18. The van der Waals surface area contributed by atoms with E-state index in [2.05, 4.69) is 10.5 Å². The number of anilines is 1. The number of carbonyl (C=O) groups is 3. The number of hydrogen-bond acceptors (Lipinski definition) is 7. The zero-order valence-electron chi connectivity index (χ0n) is 15.5. The Labute approximate surface area is 174 Å². The summed E-state index contributed by atoms with van der Waals surface area (Å²) in [4.78, 5) is 35.8. The highest BCUT2D eigenvalue weighted by Gasteiger charge is 2.17. The number of thiophene rings is 1. The molecule has 0 saturated heterocycles. The molecule has 0 bridgehead atoms. The van der Waals surface area contributed by atoms with Crippen molar-refractivity contribution in [2.45, 2.75) is 0 Å². The number of carbonyl (C=O) groups excluding carboxylic acids is 3. The standard InChI is InChI=1S/C21H15N3O5S/c22-19(26)14-8-9-30-20(14)23-17(25)11-28-21(27)13-6-7-16-15(10-13)18(29-24-16)12-4-2-1-3-5-12/h1-10H,11H2,(H2,22,26)(H,23,25). The summed E-state index contributed by atoms with van der Waals surface area (Å²) >= 11 is 1.15. The van der Waals surface area contributed by atoms with Crippen molar-refractivity contribution < 1.29 is 23.6 Å². The first kappa shape index (κ1) is 19.3. The van der Waals surface area contributed by atoms with Gasteiger partial charge < -0.3 is 20.3 Å². The molecule has 0 aliphatic carbocycles. The molecular formula is C21H15N3O5S. The van der Waals surface area contributed by atoms with Crippen molar-refractivity contribution >= 4 is 45.0 Å². The number of nitrogens with one attached hydrogen (secondary N) is 1. The number of benzene rings is 2. The highest BCUT2D eigenvalue weighted by molar-refractivity contribution is 7.14. The van der Waals surface area contributed by atoms with Crippen molar-refractivity contribution in [1.29, 1.82) is 0 Å². The van der Waals surface area contributed by atoms with E-state index in [9.17, 15) is 14.4 Å². The topological polar surface area (TPSA) is 125 Å². The Hall–Kier alpha value is -3.98. The fraction of sp³-hybridized carbons (Fsp3) is 0.0476. The average Bonchev–Trinajstić information content (AvgIpc) is 3.39. The first-order chi connectivity index (χ1) is 14.5. The van der Waals surface area contributed by atoms with Gasteiger partial charge in [0.15, 0.2) is 12.4 Å². The fourth-order valence-corrected chi connectivity index (χ4v) is 3.65. The molecule has 4 rings (SSSR count). The third-order valence-corrected chi connectivity index (χ3v) is 5.10. The molecule has 2 amide bonds. The Morgan fingerprint density at radius 1 is 1.10 bits per heavy atom. The molecule has 0 saturated carbocycles. The van der Waals surface area contributed by atoms with Gasteiger partial charge in [-0.1, -0.05) is 35.5 Å². The van der Waals surface area contributed by atoms with E-state index in [4.69, 9.17) is 15.0 Å². The number of aromatic nitrogens is 1. The number of fused-ring (bicyclic) bond motifs is 1. The smallest absolute Gasteiger partial charge is 0.338 e. The Morgan fingerprint density at radius 3 is 2.67 bits per heavy atom. The van der Waals surface area contributed by atoms with Gasteiger partial charge in [-0.2, -0.15) is 0 Å². The number of primary amides is 1. The third-order valence-electron chi connectivity index (χ3n) is 4.27. The summed E-state index contributed by atoms with van der Waals surface area (Å²) in [6.07, 6.45) is 0. The summed E-state index contributed by atoms with van der Waals surface area (Å²) in [6, 6.07) is 15.7. The Kier molecular flexibility index (Phi) is 5.27. The highest BCUT2D eigenvalue weighted by atomic mass is 32.1. The summed E-state index contributed by atoms with van der Waals surface area (Å²) < 4.78 is 10.5. The van der Waals surface area contributed by atoms with Gasteiger partial charge in [0.25, 0.3) is 11.8 Å². The van der Waals surface area contributed by atoms with Gasteiger partial charge in [-0.25, -0.2) is 4.79 Å². The van der Waals surface area contributed by atoms with Crippen molar-refractivity contribution in [3.05, 3.63) is 71.1 Å². The number of rotatable bonds is 6. The van der Waals surface area contributed by atoms with Gasteiger partial charge in [0.05, 0.1) is 16.5 Å². The van der Waals surface area contributed by atoms with Crippen LogP contribution < -0.4 is 11.1 Å². The van der Waals surface area contributed by atoms with E-state index in [1.54, 1.807) is 23.6 Å². The molecule has 2 aromatic heterocycles. The van der Waals surface area contributed by atoms with Crippen LogP contribution in [0.25, 0.3) is 22.2 Å². The van der Waals surface area contributed by atoms with Gasteiger partial charge in [0.2, 0.25) is 0 Å². The quantitative estimate of drug-likeness (QED) is 0.460. The maximum Gasteiger partial charge on any atom is 0.338 e. The van der Waals surface area contributed by atoms with E-state index < -0.39 is 24.4 Å². The van der Waals surface area contributed by atoms with E-state index in [-0.39, 0.29) is 11.1 Å². The van der Waals surface area contributed by atoms with Crippen LogP contribution in [0.5, 0.6) is 0 Å². The molecule has 0 radical (unpaired) electrons. The molecular weight excluding hydrogens is 406 g/mol. The van der Waals surface area contributed by atoms with Crippen molar-refractivity contribution in [3.8, 4) is 11.3 Å². The van der Waals surface area contributed by atoms with Crippen LogP contribution in [0.1, 0.15) is 20.7 Å². The fourth-order valence-electron chi connectivity index (χ4n) is 2.84. The molecule has 30 heavy (non-hydrogen) atoms. The largest absolute Gasteiger partial charge is 0.452 e. The minimum Gasteiger partial charge on any atom is -0.452 e. The molecule has 2 heterocycles. The minimum absolute atomic E-state index is 0.200. The van der Waals surface area contributed by atoms with Crippen LogP contribution >= 0.6 is 11.3 Å². The van der Waals surface area contributed by atoms with E-state index in [0.29, 0.717) is 21.7 Å². The predicted molar refractivity (Wildman–Crippen MR) is 111 cm³/mol. The minimum atomic E-state index is -0.673. The Morgan fingerprint density at radius 2 is 1.90 bits per heavy atom. The van der Waals surface area contributed by atoms with Crippen LogP contribution in [0.2, 0.25) is 0 Å². The summed E-state index contributed by atoms with van der Waals surface area (Å²) in [5.74, 6) is -1.37. The second-order valence-electron chi connectivity index (χ2n) is 6.26. The summed E-state index contributed by atoms with van der Waals surface area (Å²) in [5.41, 5.74) is 7.12. The highest BCUT2D eigenvalue weighted by Crippen LogP contribution is 2.29. The number of nitrogens with two attached hydrogens (primary N) is 1. The van der Waals surface area contributed by atoms with Crippen LogP contribution in [0.3, 0.4) is 0 Å². The Bertz CT molecular complexity index is 1250. The molecule has 4 aromatic rings. The lowest BCUT2D eigenvalue weighted by Crippen LogP contribution is -2.22. The van der Waals surface area contributed by atoms with Crippen molar-refractivity contribution in [2.24, 2.45) is 5.73 Å². The first-order valence-electron chi connectivity index (χ1n) is 8.82. The second-order valence-corrected chi connectivity index (χ2v) is 7.18. The molecule has 0 fully saturated rings. The van der Waals surface area contributed by atoms with E-state index in [0.717, 1.165) is 16.9 Å². The molecule has 3 N–H and O–H groups in total. The zero-order valence-corrected chi connectivity index (χ0v) is 16.3. The maximum atomic E-state index is 12.4. The average molecular weight is 421 g/mol. The van der Waals surface area contributed by atoms with Crippen LogP contribution in [0, 0.1) is 0 Å². The zero-order chi connectivity index (χ0) is 21.1. The summed E-state index contributed by atoms with van der Waals surface area (Å²) in [5, 5.41) is 9.11. The monoisotopic (exact) mass is 421 g/mol. The van der Waals surface area contributed by atoms with Crippen molar-refractivity contribution in [1.82, 2.24) is 5.16 Å². The molecule has 0 unspecified atom stereocenters. The maximum absolute atomic E-state index is 12.4. The summed E-state index contributed by atoms with van der Waals surface area (Å²) in [6.45, 7) is -0.512. The van der Waals surface area contributed by atoms with E-state index in [1.165, 1.54) is 6.07 Å². The number of hydrogen-bond donors (Lipinski definition) is 2. The lowest BCUT2D eigenvalue weighted by atomic mass is 10.1. The van der Waals surface area contributed by atoms with Gasteiger partial charge in [-0.15, -0.1) is 11.3 Å². The third kappa shape index (κ3) is 3.91. The molecule has 0 spiro atoms. The lowest BCUT2D eigenvalue weighted by molar-refractivity contribution is -0.119. The molecule has 2 aromatic carbocycles. The van der Waals surface area contributed by atoms with E-state index >= 15 is 0 Å². The van der Waals surface area contributed by atoms with Crippen molar-refractivity contribution in [2.75, 3.05) is 11.9 Å². The first-order valence-corrected chi connectivity index (χ1v) is 9.70. The van der Waals surface area contributed by atoms with Crippen LogP contribution in [-0.4, -0.2) is 29.5 Å². The van der Waals surface area contributed by atoms with Gasteiger partial charge in [-0.05, 0) is 29.6 Å². The predicted octanol–water partition coefficient (Wildman–Crippen LogP) is 3.45. The molecule has 0 atom stereocenters. The van der Waals surface area contributed by atoms with Crippen LogP contribution in [0.4, 0.5) is 5.00 Å². The molecule has 0 aliphatic rings. The van der Waals surface area contributed by atoms with Gasteiger partial charge in [0.1, 0.15) is 10.5 Å². The van der Waals surface area contributed by atoms with Crippen molar-refractivity contribution in [3.63, 3.8) is 0 Å². The van der Waals surface area contributed by atoms with Crippen LogP contribution in [-0.2, 0) is 9.53 Å². The number of amides is 2. The van der Waals surface area contributed by atoms with Crippen LogP contribution in [0.15, 0.2) is 64.5 Å². The number of ether oxygens (including phenoxy) is 1. The van der Waals surface area contributed by atoms with Gasteiger partial charge >= 0.3 is 5.97 Å². The number of esters is 1. The van der Waals surface area contributed by atoms with Gasteiger partial charge in [-0.3, -0.25) is 9.59 Å². The van der Waals surface area contributed by atoms with Gasteiger partial charge in [0, 0.05) is 5.56 Å². The molecule has 0 aliphatic heterocycles. The SMILES string of the molecule is NC(=O)c1ccsc1NC(=O)COC(=O)c1ccc2noc(-c3ccccc3)c2c1. The normalized spacial score (nSPS) is 10.7. The summed E-state index contributed by atoms with van der Waals surface area (Å²) in [7, 11) is 0. The molecule has 8 nitrogen and oxygen atoms in total. The van der Waals surface area contributed by atoms with E-state index in [1.807, 2.05) is 30.3 Å².